The molecule has 1 fully saturated rings. The standard InChI is InChI=1S/C26H21BrN2O4S/c1-2-29-24(30)23(34-26(29)28-20-11-9-19(10-12-20)25(31)32)15-18-8-13-22(21(27)14-18)33-16-17-6-4-3-5-7-17/h3-15H,2,16H2,1H3,(H,31,32)/b23-15+,28-26?. The number of benzene rings is 3. The Morgan fingerprint density at radius 3 is 2.50 bits per heavy atom. The van der Waals surface area contributed by atoms with Crippen molar-refractivity contribution in [3.8, 4) is 5.75 Å². The summed E-state index contributed by atoms with van der Waals surface area (Å²) in [5.41, 5.74) is 2.71. The van der Waals surface area contributed by atoms with Gasteiger partial charge in [0.25, 0.3) is 5.91 Å². The van der Waals surface area contributed by atoms with E-state index in [9.17, 15) is 9.59 Å². The number of rotatable bonds is 7. The van der Waals surface area contributed by atoms with Crippen LogP contribution in [-0.4, -0.2) is 33.6 Å². The maximum Gasteiger partial charge on any atom is 0.335 e. The molecule has 1 heterocycles. The van der Waals surface area contributed by atoms with E-state index in [0.29, 0.717) is 28.9 Å². The molecule has 0 bridgehead atoms. The van der Waals surface area contributed by atoms with E-state index in [2.05, 4.69) is 20.9 Å². The Hall–Kier alpha value is -3.36. The highest BCUT2D eigenvalue weighted by Crippen LogP contribution is 2.35. The highest BCUT2D eigenvalue weighted by Gasteiger charge is 2.32. The van der Waals surface area contributed by atoms with Crippen LogP contribution in [0, 0.1) is 0 Å². The van der Waals surface area contributed by atoms with E-state index in [-0.39, 0.29) is 11.5 Å². The number of aromatic carboxylic acids is 1. The molecule has 4 rings (SSSR count). The van der Waals surface area contributed by atoms with Crippen LogP contribution in [-0.2, 0) is 11.4 Å². The first-order chi connectivity index (χ1) is 16.4. The lowest BCUT2D eigenvalue weighted by atomic mass is 10.2. The molecule has 0 saturated carbocycles. The van der Waals surface area contributed by atoms with Crippen LogP contribution in [0.25, 0.3) is 6.08 Å². The number of carbonyl (C=O) groups excluding carboxylic acids is 1. The van der Waals surface area contributed by atoms with Gasteiger partial charge in [-0.25, -0.2) is 9.79 Å². The van der Waals surface area contributed by atoms with Crippen molar-refractivity contribution < 1.29 is 19.4 Å². The number of hydrogen-bond donors (Lipinski definition) is 1. The van der Waals surface area contributed by atoms with E-state index in [0.717, 1.165) is 21.3 Å². The summed E-state index contributed by atoms with van der Waals surface area (Å²) < 4.78 is 6.71. The highest BCUT2D eigenvalue weighted by molar-refractivity contribution is 9.10. The number of amidine groups is 1. The second-order valence-electron chi connectivity index (χ2n) is 7.37. The zero-order valence-corrected chi connectivity index (χ0v) is 20.7. The number of aliphatic imine (C=N–C) groups is 1. The number of hydrogen-bond acceptors (Lipinski definition) is 5. The highest BCUT2D eigenvalue weighted by atomic mass is 79.9. The van der Waals surface area contributed by atoms with E-state index in [4.69, 9.17) is 9.84 Å². The van der Waals surface area contributed by atoms with E-state index in [1.807, 2.05) is 61.5 Å². The minimum Gasteiger partial charge on any atom is -0.488 e. The monoisotopic (exact) mass is 536 g/mol. The number of halogens is 1. The van der Waals surface area contributed by atoms with Gasteiger partial charge in [-0.05, 0) is 88.2 Å². The Morgan fingerprint density at radius 1 is 1.12 bits per heavy atom. The summed E-state index contributed by atoms with van der Waals surface area (Å²) in [6.07, 6.45) is 1.83. The molecule has 0 radical (unpaired) electrons. The lowest BCUT2D eigenvalue weighted by molar-refractivity contribution is -0.122. The van der Waals surface area contributed by atoms with Crippen LogP contribution in [0.4, 0.5) is 5.69 Å². The number of thioether (sulfide) groups is 1. The van der Waals surface area contributed by atoms with E-state index < -0.39 is 5.97 Å². The molecule has 8 heteroatoms. The molecular weight excluding hydrogens is 516 g/mol. The predicted molar refractivity (Wildman–Crippen MR) is 138 cm³/mol. The van der Waals surface area contributed by atoms with Crippen LogP contribution in [0.2, 0.25) is 0 Å². The zero-order valence-electron chi connectivity index (χ0n) is 18.3. The number of carboxylic acid groups (broad SMARTS) is 1. The average Bonchev–Trinajstić information content (AvgIpc) is 3.13. The molecule has 0 aliphatic carbocycles. The fraction of sp³-hybridized carbons (Fsp3) is 0.115. The van der Waals surface area contributed by atoms with Gasteiger partial charge in [0.1, 0.15) is 12.4 Å². The minimum atomic E-state index is -0.993. The third-order valence-corrected chi connectivity index (χ3v) is 6.66. The van der Waals surface area contributed by atoms with Crippen LogP contribution in [0.15, 0.2) is 87.2 Å². The molecule has 0 unspecified atom stereocenters. The molecule has 1 aliphatic rings. The molecule has 1 N–H and O–H groups in total. The molecule has 172 valence electrons. The molecule has 0 atom stereocenters. The molecule has 1 amide bonds. The first-order valence-corrected chi connectivity index (χ1v) is 12.2. The SMILES string of the molecule is CCN1C(=O)/C(=C\c2ccc(OCc3ccccc3)c(Br)c2)SC1=Nc1ccc(C(=O)O)cc1. The van der Waals surface area contributed by atoms with Crippen molar-refractivity contribution in [1.82, 2.24) is 4.90 Å². The molecule has 3 aromatic carbocycles. The van der Waals surface area contributed by atoms with E-state index in [1.165, 1.54) is 23.9 Å². The number of amides is 1. The fourth-order valence-electron chi connectivity index (χ4n) is 3.27. The molecule has 6 nitrogen and oxygen atoms in total. The molecule has 34 heavy (non-hydrogen) atoms. The van der Waals surface area contributed by atoms with Gasteiger partial charge in [0.2, 0.25) is 0 Å². The Labute approximate surface area is 210 Å². The third-order valence-electron chi connectivity index (χ3n) is 5.03. The smallest absolute Gasteiger partial charge is 0.335 e. The summed E-state index contributed by atoms with van der Waals surface area (Å²) in [5.74, 6) is -0.389. The van der Waals surface area contributed by atoms with Crippen molar-refractivity contribution in [3.05, 3.63) is 98.9 Å². The van der Waals surface area contributed by atoms with E-state index >= 15 is 0 Å². The molecule has 0 aromatic heterocycles. The zero-order chi connectivity index (χ0) is 24.1. The Balaban J connectivity index is 1.51. The summed E-state index contributed by atoms with van der Waals surface area (Å²) in [6.45, 7) is 2.83. The van der Waals surface area contributed by atoms with Crippen molar-refractivity contribution >= 4 is 56.5 Å². The number of carbonyl (C=O) groups is 2. The Kier molecular flexibility index (Phi) is 7.49. The van der Waals surface area contributed by atoms with Gasteiger partial charge in [-0.3, -0.25) is 9.69 Å². The Bertz CT molecular complexity index is 1270. The third kappa shape index (κ3) is 5.58. The molecule has 1 saturated heterocycles. The predicted octanol–water partition coefficient (Wildman–Crippen LogP) is 6.35. The normalized spacial score (nSPS) is 15.8. The molecule has 3 aromatic rings. The Morgan fingerprint density at radius 2 is 1.85 bits per heavy atom. The topological polar surface area (TPSA) is 79.2 Å². The maximum absolute atomic E-state index is 12.9. The first kappa shape index (κ1) is 23.8. The summed E-state index contributed by atoms with van der Waals surface area (Å²) in [6, 6.07) is 21.9. The van der Waals surface area contributed by atoms with Gasteiger partial charge in [0, 0.05) is 6.54 Å². The molecular formula is C26H21BrN2O4S. The number of likely N-dealkylation sites (N-methyl/N-ethyl adjacent to an activating group) is 1. The second-order valence-corrected chi connectivity index (χ2v) is 9.23. The van der Waals surface area contributed by atoms with Crippen molar-refractivity contribution in [2.75, 3.05) is 6.54 Å². The number of ether oxygens (including phenoxy) is 1. The fourth-order valence-corrected chi connectivity index (χ4v) is 4.84. The van der Waals surface area contributed by atoms with Crippen LogP contribution in [0.5, 0.6) is 5.75 Å². The lowest BCUT2D eigenvalue weighted by Gasteiger charge is -2.12. The van der Waals surface area contributed by atoms with Crippen LogP contribution >= 0.6 is 27.7 Å². The van der Waals surface area contributed by atoms with Crippen molar-refractivity contribution in [1.29, 1.82) is 0 Å². The van der Waals surface area contributed by atoms with Gasteiger partial charge >= 0.3 is 5.97 Å². The number of carboxylic acids is 1. The number of nitrogens with zero attached hydrogens (tertiary/aromatic N) is 2. The molecule has 0 spiro atoms. The maximum atomic E-state index is 12.9. The van der Waals surface area contributed by atoms with Gasteiger partial charge in [0.15, 0.2) is 5.17 Å². The minimum absolute atomic E-state index is 0.117. The lowest BCUT2D eigenvalue weighted by Crippen LogP contribution is -2.28. The summed E-state index contributed by atoms with van der Waals surface area (Å²) in [7, 11) is 0. The van der Waals surface area contributed by atoms with E-state index in [1.54, 1.807) is 17.0 Å². The summed E-state index contributed by atoms with van der Waals surface area (Å²) in [4.78, 5) is 30.7. The van der Waals surface area contributed by atoms with Gasteiger partial charge in [-0.2, -0.15) is 0 Å². The first-order valence-electron chi connectivity index (χ1n) is 10.5. The van der Waals surface area contributed by atoms with Crippen molar-refractivity contribution in [3.63, 3.8) is 0 Å². The van der Waals surface area contributed by atoms with Crippen molar-refractivity contribution in [2.24, 2.45) is 4.99 Å². The summed E-state index contributed by atoms with van der Waals surface area (Å²) >= 11 is 4.85. The largest absolute Gasteiger partial charge is 0.488 e. The van der Waals surface area contributed by atoms with Gasteiger partial charge < -0.3 is 9.84 Å². The average molecular weight is 537 g/mol. The van der Waals surface area contributed by atoms with Crippen LogP contribution < -0.4 is 4.74 Å². The van der Waals surface area contributed by atoms with Crippen LogP contribution in [0.1, 0.15) is 28.4 Å². The van der Waals surface area contributed by atoms with Gasteiger partial charge in [-0.1, -0.05) is 36.4 Å². The van der Waals surface area contributed by atoms with Crippen LogP contribution in [0.3, 0.4) is 0 Å². The summed E-state index contributed by atoms with van der Waals surface area (Å²) in [5, 5.41) is 9.62. The van der Waals surface area contributed by atoms with Gasteiger partial charge in [0.05, 0.1) is 20.6 Å². The molecule has 1 aliphatic heterocycles. The quantitative estimate of drug-likeness (QED) is 0.356. The second kappa shape index (κ2) is 10.7. The van der Waals surface area contributed by atoms with Gasteiger partial charge in [-0.15, -0.1) is 0 Å². The van der Waals surface area contributed by atoms with Crippen molar-refractivity contribution in [2.45, 2.75) is 13.5 Å².